The zero-order chi connectivity index (χ0) is 22.9. The molecule has 2 heterocycles. The number of thiophene rings is 1. The van der Waals surface area contributed by atoms with Crippen molar-refractivity contribution in [3.63, 3.8) is 0 Å². The molecule has 1 amide bonds. The maximum absolute atomic E-state index is 12.5. The van der Waals surface area contributed by atoms with Crippen LogP contribution in [0.25, 0.3) is 20.7 Å². The van der Waals surface area contributed by atoms with Gasteiger partial charge in [-0.1, -0.05) is 48.2 Å². The third kappa shape index (κ3) is 4.99. The Hall–Kier alpha value is -2.79. The largest absolute Gasteiger partial charge is 0.325 e. The molecule has 0 atom stereocenters. The van der Waals surface area contributed by atoms with Crippen molar-refractivity contribution in [1.29, 1.82) is 0 Å². The summed E-state index contributed by atoms with van der Waals surface area (Å²) in [6.45, 7) is 3.47. The summed E-state index contributed by atoms with van der Waals surface area (Å²) < 4.78 is 23.4. The first-order chi connectivity index (χ1) is 15.2. The maximum Gasteiger partial charge on any atom is 0.238 e. The summed E-state index contributed by atoms with van der Waals surface area (Å²) in [5.74, 6) is 0.473. The second kappa shape index (κ2) is 8.99. The van der Waals surface area contributed by atoms with Crippen molar-refractivity contribution in [2.45, 2.75) is 23.8 Å². The Bertz CT molecular complexity index is 1420. The summed E-state index contributed by atoms with van der Waals surface area (Å²) in [6.07, 6.45) is 0. The smallest absolute Gasteiger partial charge is 0.238 e. The highest BCUT2D eigenvalue weighted by molar-refractivity contribution is 8.00. The van der Waals surface area contributed by atoms with Crippen LogP contribution in [0.15, 0.2) is 64.5 Å². The van der Waals surface area contributed by atoms with Gasteiger partial charge in [0, 0.05) is 16.0 Å². The summed E-state index contributed by atoms with van der Waals surface area (Å²) in [7, 11) is -3.87. The van der Waals surface area contributed by atoms with Crippen molar-refractivity contribution >= 4 is 54.9 Å². The minimum absolute atomic E-state index is 0.0113. The molecule has 0 unspecified atom stereocenters. The fraction of sp³-hybridized carbons (Fsp3) is 0.136. The predicted octanol–water partition coefficient (Wildman–Crippen LogP) is 4.35. The molecule has 4 aromatic rings. The number of amides is 1. The second-order valence-corrected chi connectivity index (χ2v) is 10.7. The molecule has 0 aliphatic heterocycles. The van der Waals surface area contributed by atoms with Gasteiger partial charge in [-0.25, -0.2) is 23.5 Å². The monoisotopic (exact) mass is 484 g/mol. The molecule has 0 saturated carbocycles. The van der Waals surface area contributed by atoms with Crippen LogP contribution in [0.3, 0.4) is 0 Å². The molecule has 3 N–H and O–H groups in total. The van der Waals surface area contributed by atoms with Gasteiger partial charge in [-0.2, -0.15) is 0 Å². The van der Waals surface area contributed by atoms with E-state index in [1.165, 1.54) is 17.8 Å². The van der Waals surface area contributed by atoms with Gasteiger partial charge >= 0.3 is 0 Å². The Kier molecular flexibility index (Phi) is 6.29. The third-order valence-electron chi connectivity index (χ3n) is 4.65. The summed E-state index contributed by atoms with van der Waals surface area (Å²) >= 11 is 2.90. The highest BCUT2D eigenvalue weighted by Gasteiger charge is 2.15. The quantitative estimate of drug-likeness (QED) is 0.310. The standard InChI is InChI=1S/C22H20N4O3S3/c1-13-8-9-16(10-19(13)32(23,28)29)26-20(27)12-30-21-17-11-18(15-6-4-3-5-7-15)31-22(17)25-14(2)24-21/h3-11H,12H2,1-2H3,(H,26,27)(H2,23,28,29). The van der Waals surface area contributed by atoms with Gasteiger partial charge in [0.25, 0.3) is 0 Å². The number of sulfonamides is 1. The van der Waals surface area contributed by atoms with Crippen LogP contribution in [0, 0.1) is 13.8 Å². The Balaban J connectivity index is 1.53. The molecule has 0 spiro atoms. The molecular formula is C22H20N4O3S3. The summed E-state index contributed by atoms with van der Waals surface area (Å²) in [5.41, 5.74) is 1.99. The molecule has 2 aromatic carbocycles. The lowest BCUT2D eigenvalue weighted by molar-refractivity contribution is -0.113. The van der Waals surface area contributed by atoms with Crippen LogP contribution in [0.1, 0.15) is 11.4 Å². The molecule has 2 aromatic heterocycles. The number of carbonyl (C=O) groups excluding carboxylic acids is 1. The first kappa shape index (κ1) is 22.4. The van der Waals surface area contributed by atoms with Crippen molar-refractivity contribution in [2.24, 2.45) is 5.14 Å². The van der Waals surface area contributed by atoms with Crippen LogP contribution in [-0.2, 0) is 14.8 Å². The van der Waals surface area contributed by atoms with E-state index in [4.69, 9.17) is 5.14 Å². The van der Waals surface area contributed by atoms with Gasteiger partial charge in [0.05, 0.1) is 10.6 Å². The van der Waals surface area contributed by atoms with E-state index in [9.17, 15) is 13.2 Å². The lowest BCUT2D eigenvalue weighted by atomic mass is 10.2. The Morgan fingerprint density at radius 3 is 2.56 bits per heavy atom. The van der Waals surface area contributed by atoms with E-state index in [1.807, 2.05) is 43.3 Å². The number of hydrogen-bond acceptors (Lipinski definition) is 7. The van der Waals surface area contributed by atoms with E-state index in [2.05, 4.69) is 15.3 Å². The third-order valence-corrected chi connectivity index (χ3v) is 7.77. The normalized spacial score (nSPS) is 11.6. The lowest BCUT2D eigenvalue weighted by Gasteiger charge is -2.09. The number of nitrogens with zero attached hydrogens (tertiary/aromatic N) is 2. The van der Waals surface area contributed by atoms with Gasteiger partial charge in [0.15, 0.2) is 0 Å². The van der Waals surface area contributed by atoms with Crippen LogP contribution in [-0.4, -0.2) is 30.0 Å². The molecule has 0 saturated heterocycles. The second-order valence-electron chi connectivity index (χ2n) is 7.13. The number of thioether (sulfide) groups is 1. The van der Waals surface area contributed by atoms with Crippen molar-refractivity contribution < 1.29 is 13.2 Å². The van der Waals surface area contributed by atoms with Gasteiger partial charge < -0.3 is 5.32 Å². The molecule has 0 fully saturated rings. The molecule has 0 radical (unpaired) electrons. The van der Waals surface area contributed by atoms with Crippen molar-refractivity contribution in [1.82, 2.24) is 9.97 Å². The van der Waals surface area contributed by atoms with Gasteiger partial charge in [-0.15, -0.1) is 11.3 Å². The summed E-state index contributed by atoms with van der Waals surface area (Å²) in [5, 5.41) is 9.61. The van der Waals surface area contributed by atoms with E-state index in [0.29, 0.717) is 17.1 Å². The zero-order valence-electron chi connectivity index (χ0n) is 17.3. The highest BCUT2D eigenvalue weighted by Crippen LogP contribution is 2.36. The molecule has 4 rings (SSSR count). The Morgan fingerprint density at radius 2 is 1.84 bits per heavy atom. The lowest BCUT2D eigenvalue weighted by Crippen LogP contribution is -2.17. The maximum atomic E-state index is 12.5. The highest BCUT2D eigenvalue weighted by atomic mass is 32.2. The fourth-order valence-electron chi connectivity index (χ4n) is 3.17. The van der Waals surface area contributed by atoms with Crippen LogP contribution >= 0.6 is 23.1 Å². The SMILES string of the molecule is Cc1nc(SCC(=O)Nc2ccc(C)c(S(N)(=O)=O)c2)c2cc(-c3ccccc3)sc2n1. The van der Waals surface area contributed by atoms with Crippen LogP contribution < -0.4 is 10.5 Å². The number of rotatable bonds is 6. The number of carbonyl (C=O) groups is 1. The van der Waals surface area contributed by atoms with Crippen LogP contribution in [0.4, 0.5) is 5.69 Å². The summed E-state index contributed by atoms with van der Waals surface area (Å²) in [4.78, 5) is 23.5. The van der Waals surface area contributed by atoms with Gasteiger partial charge in [-0.3, -0.25) is 4.79 Å². The molecule has 164 valence electrons. The number of nitrogens with one attached hydrogen (secondary N) is 1. The number of aryl methyl sites for hydroxylation is 2. The van der Waals surface area contributed by atoms with Crippen LogP contribution in [0.2, 0.25) is 0 Å². The van der Waals surface area contributed by atoms with Crippen molar-refractivity contribution in [3.05, 3.63) is 66.0 Å². The van der Waals surface area contributed by atoms with E-state index < -0.39 is 10.0 Å². The number of hydrogen-bond donors (Lipinski definition) is 2. The average Bonchev–Trinajstić information content (AvgIpc) is 3.17. The Labute approximate surface area is 194 Å². The molecule has 32 heavy (non-hydrogen) atoms. The molecule has 0 bridgehead atoms. The topological polar surface area (TPSA) is 115 Å². The Morgan fingerprint density at radius 1 is 1.09 bits per heavy atom. The fourth-order valence-corrected chi connectivity index (χ4v) is 5.97. The molecule has 0 aliphatic carbocycles. The van der Waals surface area contributed by atoms with Gasteiger partial charge in [0.1, 0.15) is 15.7 Å². The molecule has 10 heteroatoms. The number of primary sulfonamides is 1. The van der Waals surface area contributed by atoms with E-state index >= 15 is 0 Å². The molecular weight excluding hydrogens is 464 g/mol. The first-order valence-electron chi connectivity index (χ1n) is 9.60. The van der Waals surface area contributed by atoms with Crippen LogP contribution in [0.5, 0.6) is 0 Å². The van der Waals surface area contributed by atoms with Gasteiger partial charge in [-0.05, 0) is 43.2 Å². The van der Waals surface area contributed by atoms with E-state index in [-0.39, 0.29) is 16.6 Å². The predicted molar refractivity (Wildman–Crippen MR) is 129 cm³/mol. The first-order valence-corrected chi connectivity index (χ1v) is 13.0. The molecule has 0 aliphatic rings. The number of fused-ring (bicyclic) bond motifs is 1. The van der Waals surface area contributed by atoms with Crippen molar-refractivity contribution in [2.75, 3.05) is 11.1 Å². The van der Waals surface area contributed by atoms with Crippen molar-refractivity contribution in [3.8, 4) is 10.4 Å². The number of aromatic nitrogens is 2. The molecule has 7 nitrogen and oxygen atoms in total. The number of anilines is 1. The number of benzene rings is 2. The summed E-state index contributed by atoms with van der Waals surface area (Å²) in [6, 6.07) is 16.7. The van der Waals surface area contributed by atoms with Gasteiger partial charge in [0.2, 0.25) is 15.9 Å². The zero-order valence-corrected chi connectivity index (χ0v) is 19.8. The average molecular weight is 485 g/mol. The van der Waals surface area contributed by atoms with E-state index in [1.54, 1.807) is 30.4 Å². The number of nitrogens with two attached hydrogens (primary N) is 1. The van der Waals surface area contributed by atoms with E-state index in [0.717, 1.165) is 25.7 Å². The minimum Gasteiger partial charge on any atom is -0.325 e. The minimum atomic E-state index is -3.87.